The molecule has 2 heterocycles. The summed E-state index contributed by atoms with van der Waals surface area (Å²) in [6.07, 6.45) is 5.67. The zero-order valence-corrected chi connectivity index (χ0v) is 31.6. The summed E-state index contributed by atoms with van der Waals surface area (Å²) in [7, 11) is 0. The number of fused-ring (bicyclic) bond motifs is 9. The van der Waals surface area contributed by atoms with E-state index in [9.17, 15) is 0 Å². The molecule has 2 aromatic heterocycles. The number of hydrogen-bond donors (Lipinski definition) is 0. The van der Waals surface area contributed by atoms with Gasteiger partial charge >= 0.3 is 0 Å². The molecule has 264 valence electrons. The van der Waals surface area contributed by atoms with Gasteiger partial charge in [0.05, 0.1) is 16.8 Å². The van der Waals surface area contributed by atoms with E-state index in [-0.39, 0.29) is 5.41 Å². The Bertz CT molecular complexity index is 3020. The lowest BCUT2D eigenvalue weighted by atomic mass is 9.82. The van der Waals surface area contributed by atoms with Gasteiger partial charge in [-0.15, -0.1) is 11.3 Å². The van der Waals surface area contributed by atoms with Gasteiger partial charge in [0.1, 0.15) is 5.58 Å². The Hall–Kier alpha value is -6.62. The smallest absolute Gasteiger partial charge is 0.159 e. The fraction of sp³-hybridized carbons (Fsp3) is 0.0588. The highest BCUT2D eigenvalue weighted by molar-refractivity contribution is 7.25. The van der Waals surface area contributed by atoms with Crippen molar-refractivity contribution in [3.05, 3.63) is 200 Å². The average molecular weight is 727 g/mol. The molecular weight excluding hydrogens is 689 g/mol. The van der Waals surface area contributed by atoms with Crippen molar-refractivity contribution in [2.45, 2.75) is 19.3 Å². The van der Waals surface area contributed by atoms with E-state index >= 15 is 0 Å². The molecule has 3 nitrogen and oxygen atoms in total. The van der Waals surface area contributed by atoms with Crippen LogP contribution >= 0.6 is 11.3 Å². The lowest BCUT2D eigenvalue weighted by Crippen LogP contribution is -2.16. The zero-order valence-electron chi connectivity index (χ0n) is 30.8. The van der Waals surface area contributed by atoms with Crippen LogP contribution in [0.15, 0.2) is 193 Å². The Morgan fingerprint density at radius 1 is 0.600 bits per heavy atom. The Morgan fingerprint density at radius 2 is 1.29 bits per heavy atom. The fourth-order valence-electron chi connectivity index (χ4n) is 8.65. The van der Waals surface area contributed by atoms with Crippen molar-refractivity contribution in [1.29, 1.82) is 0 Å². The third-order valence-electron chi connectivity index (χ3n) is 11.2. The molecule has 0 atom stereocenters. The van der Waals surface area contributed by atoms with Gasteiger partial charge in [-0.05, 0) is 95.1 Å². The maximum Gasteiger partial charge on any atom is 0.159 e. The minimum absolute atomic E-state index is 0.147. The minimum atomic E-state index is -0.147. The summed E-state index contributed by atoms with van der Waals surface area (Å²) >= 11 is 1.84. The summed E-state index contributed by atoms with van der Waals surface area (Å²) in [6, 6.07) is 54.6. The van der Waals surface area contributed by atoms with Gasteiger partial charge < -0.3 is 14.2 Å². The molecule has 0 fully saturated rings. The van der Waals surface area contributed by atoms with Crippen LogP contribution in [-0.4, -0.2) is 0 Å². The first-order chi connectivity index (χ1) is 27.0. The molecule has 0 N–H and O–H groups in total. The normalized spacial score (nSPS) is 13.3. The van der Waals surface area contributed by atoms with E-state index in [1.54, 1.807) is 6.08 Å². The van der Waals surface area contributed by atoms with Gasteiger partial charge in [0.15, 0.2) is 5.58 Å². The van der Waals surface area contributed by atoms with Crippen molar-refractivity contribution in [3.63, 3.8) is 0 Å². The van der Waals surface area contributed by atoms with Crippen LogP contribution in [0, 0.1) is 0 Å². The van der Waals surface area contributed by atoms with E-state index in [0.29, 0.717) is 0 Å². The van der Waals surface area contributed by atoms with E-state index in [0.717, 1.165) is 56.1 Å². The van der Waals surface area contributed by atoms with Crippen molar-refractivity contribution >= 4 is 81.9 Å². The first-order valence-corrected chi connectivity index (χ1v) is 19.5. The Morgan fingerprint density at radius 3 is 2.15 bits per heavy atom. The summed E-state index contributed by atoms with van der Waals surface area (Å²) in [5, 5.41) is 4.63. The second kappa shape index (κ2) is 12.8. The number of allylic oxidation sites excluding steroid dienone is 3. The van der Waals surface area contributed by atoms with Crippen LogP contribution in [0.2, 0.25) is 0 Å². The van der Waals surface area contributed by atoms with Gasteiger partial charge in [0, 0.05) is 53.7 Å². The summed E-state index contributed by atoms with van der Waals surface area (Å²) in [5.74, 6) is 0. The summed E-state index contributed by atoms with van der Waals surface area (Å²) < 4.78 is 9.54. The van der Waals surface area contributed by atoms with Crippen LogP contribution in [0.1, 0.15) is 25.0 Å². The second-order valence-corrected chi connectivity index (χ2v) is 15.7. The summed E-state index contributed by atoms with van der Waals surface area (Å²) in [4.78, 5) is 4.61. The van der Waals surface area contributed by atoms with Crippen LogP contribution in [0.25, 0.3) is 53.2 Å². The quantitative estimate of drug-likeness (QED) is 0.145. The number of nitrogens with zero attached hydrogens (tertiary/aromatic N) is 2. The lowest BCUT2D eigenvalue weighted by Gasteiger charge is -2.28. The Labute approximate surface area is 325 Å². The third-order valence-corrected chi connectivity index (χ3v) is 12.3. The number of benzene rings is 7. The van der Waals surface area contributed by atoms with Crippen molar-refractivity contribution in [2.75, 3.05) is 9.80 Å². The predicted octanol–water partition coefficient (Wildman–Crippen LogP) is 15.1. The fourth-order valence-corrected chi connectivity index (χ4v) is 9.79. The molecule has 0 saturated carbocycles. The maximum absolute atomic E-state index is 7.00. The molecule has 0 bridgehead atoms. The van der Waals surface area contributed by atoms with Crippen LogP contribution < -0.4 is 9.80 Å². The van der Waals surface area contributed by atoms with Crippen molar-refractivity contribution < 1.29 is 4.42 Å². The van der Waals surface area contributed by atoms with Crippen LogP contribution in [0.3, 0.4) is 0 Å². The van der Waals surface area contributed by atoms with E-state index in [1.807, 2.05) is 29.6 Å². The van der Waals surface area contributed by atoms with Crippen molar-refractivity contribution in [1.82, 2.24) is 0 Å². The molecule has 1 aliphatic carbocycles. The topological polar surface area (TPSA) is 19.6 Å². The van der Waals surface area contributed by atoms with Crippen LogP contribution in [-0.2, 0) is 5.41 Å². The van der Waals surface area contributed by atoms with Gasteiger partial charge in [-0.1, -0.05) is 124 Å². The van der Waals surface area contributed by atoms with E-state index in [1.165, 1.54) is 42.4 Å². The Kier molecular flexibility index (Phi) is 7.65. The van der Waals surface area contributed by atoms with Gasteiger partial charge in [0.2, 0.25) is 0 Å². The van der Waals surface area contributed by atoms with Crippen LogP contribution in [0.4, 0.5) is 28.4 Å². The van der Waals surface area contributed by atoms with E-state index < -0.39 is 0 Å². The number of hydrogen-bond acceptors (Lipinski definition) is 4. The number of para-hydroxylation sites is 2. The predicted molar refractivity (Wildman–Crippen MR) is 236 cm³/mol. The minimum Gasteiger partial charge on any atom is -0.454 e. The highest BCUT2D eigenvalue weighted by Crippen LogP contribution is 2.52. The van der Waals surface area contributed by atoms with E-state index in [2.05, 4.69) is 182 Å². The Balaban J connectivity index is 1.23. The molecule has 4 heteroatoms. The first-order valence-electron chi connectivity index (χ1n) is 18.7. The lowest BCUT2D eigenvalue weighted by molar-refractivity contribution is 0.660. The molecular formula is C51H38N2OS. The number of thiophene rings is 1. The summed E-state index contributed by atoms with van der Waals surface area (Å²) in [5.41, 5.74) is 12.9. The van der Waals surface area contributed by atoms with Gasteiger partial charge in [-0.2, -0.15) is 0 Å². The number of rotatable bonds is 8. The molecule has 0 unspecified atom stereocenters. The first kappa shape index (κ1) is 33.0. The maximum atomic E-state index is 7.00. The monoisotopic (exact) mass is 726 g/mol. The number of furan rings is 1. The molecule has 7 aromatic carbocycles. The number of anilines is 5. The largest absolute Gasteiger partial charge is 0.454 e. The van der Waals surface area contributed by atoms with Crippen molar-refractivity contribution in [3.8, 4) is 11.1 Å². The van der Waals surface area contributed by atoms with Gasteiger partial charge in [-0.3, -0.25) is 0 Å². The molecule has 55 heavy (non-hydrogen) atoms. The SMILES string of the molecule is C=C/C=C(\C=C)N(c1ccccc1)c1cccc2oc3c(N(c4ccc5c(c4)C(C)(C)c4ccccc4-5)c4ccc5c(c4)sc4ccccc45)cccc3c12. The molecule has 0 saturated heterocycles. The molecule has 0 aliphatic heterocycles. The standard InChI is InChI=1S/C51H38N2OS/c1-5-16-33(6-2)52(34-17-8-7-9-18-34)44-23-15-25-46-49(44)41-21-14-24-45(50(41)54-46)53(36-28-30-40-39-20-11-13-26-47(39)55-48(40)32-36)35-27-29-38-37-19-10-12-22-42(37)51(3,4)43(38)31-35/h5-32H,1-2H2,3-4H3/b33-16+. The zero-order chi connectivity index (χ0) is 37.3. The average Bonchev–Trinajstić information content (AvgIpc) is 3.86. The highest BCUT2D eigenvalue weighted by Gasteiger charge is 2.36. The molecule has 9 aromatic rings. The molecule has 10 rings (SSSR count). The van der Waals surface area contributed by atoms with Gasteiger partial charge in [0.25, 0.3) is 0 Å². The third kappa shape index (κ3) is 5.10. The second-order valence-electron chi connectivity index (χ2n) is 14.6. The van der Waals surface area contributed by atoms with Gasteiger partial charge in [-0.25, -0.2) is 0 Å². The van der Waals surface area contributed by atoms with E-state index in [4.69, 9.17) is 4.42 Å². The summed E-state index contributed by atoms with van der Waals surface area (Å²) in [6.45, 7) is 12.9. The highest BCUT2D eigenvalue weighted by atomic mass is 32.1. The molecule has 1 aliphatic rings. The molecule has 0 amide bonds. The van der Waals surface area contributed by atoms with Crippen molar-refractivity contribution in [2.24, 2.45) is 0 Å². The molecule has 0 spiro atoms. The van der Waals surface area contributed by atoms with Crippen LogP contribution in [0.5, 0.6) is 0 Å². The molecule has 0 radical (unpaired) electrons.